The fourth-order valence-electron chi connectivity index (χ4n) is 2.85. The Morgan fingerprint density at radius 2 is 2.18 bits per heavy atom. The van der Waals surface area contributed by atoms with Gasteiger partial charge in [-0.25, -0.2) is 4.98 Å². The number of aromatic nitrogens is 1. The van der Waals surface area contributed by atoms with Crippen LogP contribution in [0.2, 0.25) is 0 Å². The van der Waals surface area contributed by atoms with E-state index in [1.54, 1.807) is 6.20 Å². The Bertz CT molecular complexity index is 530. The fraction of sp³-hybridized carbons (Fsp3) is 0.647. The summed E-state index contributed by atoms with van der Waals surface area (Å²) in [4.78, 5) is 16.6. The molecule has 122 valence electrons. The summed E-state index contributed by atoms with van der Waals surface area (Å²) in [7, 11) is 1.92. The Hall–Kier alpha value is -1.62. The van der Waals surface area contributed by atoms with E-state index in [1.807, 2.05) is 40.0 Å². The zero-order chi connectivity index (χ0) is 16.3. The van der Waals surface area contributed by atoms with Crippen LogP contribution in [0.15, 0.2) is 18.3 Å². The standard InChI is InChI=1S/C17H27N3O2/c1-11-7-6-8-19-16(11)22-10-17(3,4)20-15(21)14-12(2)13(14)9-18-5/h6-8,12-14,18H,9-10H2,1-5H3,(H,20,21). The Morgan fingerprint density at radius 3 is 2.82 bits per heavy atom. The molecule has 1 heterocycles. The molecule has 1 amide bonds. The van der Waals surface area contributed by atoms with Crippen molar-refractivity contribution in [2.75, 3.05) is 20.2 Å². The van der Waals surface area contributed by atoms with Gasteiger partial charge in [-0.15, -0.1) is 0 Å². The molecular weight excluding hydrogens is 278 g/mol. The van der Waals surface area contributed by atoms with Gasteiger partial charge in [-0.3, -0.25) is 4.79 Å². The van der Waals surface area contributed by atoms with E-state index in [0.29, 0.717) is 24.3 Å². The quantitative estimate of drug-likeness (QED) is 0.806. The van der Waals surface area contributed by atoms with Crippen LogP contribution >= 0.6 is 0 Å². The molecule has 1 fully saturated rings. The third kappa shape index (κ3) is 3.97. The number of rotatable bonds is 7. The Labute approximate surface area is 132 Å². The number of carbonyl (C=O) groups excluding carboxylic acids is 1. The van der Waals surface area contributed by atoms with Gasteiger partial charge in [0.2, 0.25) is 11.8 Å². The van der Waals surface area contributed by atoms with E-state index in [2.05, 4.69) is 22.5 Å². The van der Waals surface area contributed by atoms with Gasteiger partial charge < -0.3 is 15.4 Å². The van der Waals surface area contributed by atoms with E-state index < -0.39 is 5.54 Å². The van der Waals surface area contributed by atoms with Gasteiger partial charge in [0, 0.05) is 17.7 Å². The maximum atomic E-state index is 12.4. The van der Waals surface area contributed by atoms with E-state index in [9.17, 15) is 4.79 Å². The summed E-state index contributed by atoms with van der Waals surface area (Å²) >= 11 is 0. The van der Waals surface area contributed by atoms with Crippen LogP contribution in [0.5, 0.6) is 5.88 Å². The first kappa shape index (κ1) is 16.7. The van der Waals surface area contributed by atoms with Crippen molar-refractivity contribution in [2.24, 2.45) is 17.8 Å². The van der Waals surface area contributed by atoms with Crippen LogP contribution in [0.4, 0.5) is 0 Å². The summed E-state index contributed by atoms with van der Waals surface area (Å²) in [5, 5.41) is 6.25. The van der Waals surface area contributed by atoms with E-state index in [4.69, 9.17) is 4.74 Å². The van der Waals surface area contributed by atoms with Crippen molar-refractivity contribution in [3.63, 3.8) is 0 Å². The number of pyridine rings is 1. The van der Waals surface area contributed by atoms with Crippen molar-refractivity contribution >= 4 is 5.91 Å². The minimum atomic E-state index is -0.423. The van der Waals surface area contributed by atoms with E-state index in [-0.39, 0.29) is 11.8 Å². The van der Waals surface area contributed by atoms with E-state index >= 15 is 0 Å². The zero-order valence-corrected chi connectivity index (χ0v) is 14.1. The topological polar surface area (TPSA) is 63.2 Å². The van der Waals surface area contributed by atoms with Gasteiger partial charge in [0.1, 0.15) is 6.61 Å². The van der Waals surface area contributed by atoms with Gasteiger partial charge in [-0.1, -0.05) is 13.0 Å². The molecule has 1 aliphatic rings. The average Bonchev–Trinajstić information content (AvgIpc) is 3.08. The number of ether oxygens (including phenoxy) is 1. The first-order valence-electron chi connectivity index (χ1n) is 7.87. The predicted molar refractivity (Wildman–Crippen MR) is 86.8 cm³/mol. The van der Waals surface area contributed by atoms with Crippen molar-refractivity contribution in [3.8, 4) is 5.88 Å². The maximum Gasteiger partial charge on any atom is 0.224 e. The lowest BCUT2D eigenvalue weighted by atomic mass is 10.1. The molecule has 0 radical (unpaired) electrons. The maximum absolute atomic E-state index is 12.4. The van der Waals surface area contributed by atoms with Crippen LogP contribution in [-0.2, 0) is 4.79 Å². The van der Waals surface area contributed by atoms with Gasteiger partial charge >= 0.3 is 0 Å². The van der Waals surface area contributed by atoms with Gasteiger partial charge in [0.15, 0.2) is 0 Å². The highest BCUT2D eigenvalue weighted by atomic mass is 16.5. The zero-order valence-electron chi connectivity index (χ0n) is 14.1. The van der Waals surface area contributed by atoms with E-state index in [0.717, 1.165) is 12.1 Å². The number of nitrogens with zero attached hydrogens (tertiary/aromatic N) is 1. The molecule has 22 heavy (non-hydrogen) atoms. The average molecular weight is 305 g/mol. The predicted octanol–water partition coefficient (Wildman–Crippen LogP) is 1.77. The van der Waals surface area contributed by atoms with Crippen LogP contribution in [0.25, 0.3) is 0 Å². The Morgan fingerprint density at radius 1 is 1.45 bits per heavy atom. The fourth-order valence-corrected chi connectivity index (χ4v) is 2.85. The van der Waals surface area contributed by atoms with E-state index in [1.165, 1.54) is 0 Å². The lowest BCUT2D eigenvalue weighted by molar-refractivity contribution is -0.124. The number of hydrogen-bond donors (Lipinski definition) is 2. The number of amides is 1. The Balaban J connectivity index is 1.86. The highest BCUT2D eigenvalue weighted by molar-refractivity contribution is 5.82. The van der Waals surface area contributed by atoms with Crippen molar-refractivity contribution in [3.05, 3.63) is 23.9 Å². The van der Waals surface area contributed by atoms with Crippen LogP contribution < -0.4 is 15.4 Å². The molecule has 0 bridgehead atoms. The number of carbonyl (C=O) groups is 1. The number of nitrogens with one attached hydrogen (secondary N) is 2. The van der Waals surface area contributed by atoms with Crippen LogP contribution in [0.1, 0.15) is 26.3 Å². The van der Waals surface area contributed by atoms with Crippen molar-refractivity contribution in [1.29, 1.82) is 0 Å². The minimum absolute atomic E-state index is 0.114. The number of aryl methyl sites for hydroxylation is 1. The van der Waals surface area contributed by atoms with Gasteiger partial charge in [0.05, 0.1) is 5.54 Å². The summed E-state index contributed by atoms with van der Waals surface area (Å²) < 4.78 is 5.77. The molecular formula is C17H27N3O2. The first-order chi connectivity index (χ1) is 10.4. The summed E-state index contributed by atoms with van der Waals surface area (Å²) in [6.07, 6.45) is 1.71. The van der Waals surface area contributed by atoms with Crippen molar-refractivity contribution < 1.29 is 9.53 Å². The third-order valence-corrected chi connectivity index (χ3v) is 4.30. The summed E-state index contributed by atoms with van der Waals surface area (Å²) in [6, 6.07) is 3.84. The lowest BCUT2D eigenvalue weighted by Crippen LogP contribution is -2.49. The largest absolute Gasteiger partial charge is 0.475 e. The van der Waals surface area contributed by atoms with Crippen molar-refractivity contribution in [2.45, 2.75) is 33.2 Å². The molecule has 3 unspecified atom stereocenters. The molecule has 1 aliphatic carbocycles. The molecule has 5 heteroatoms. The molecule has 1 aromatic heterocycles. The smallest absolute Gasteiger partial charge is 0.224 e. The second-order valence-corrected chi connectivity index (χ2v) is 6.89. The summed E-state index contributed by atoms with van der Waals surface area (Å²) in [5.74, 6) is 1.75. The third-order valence-electron chi connectivity index (χ3n) is 4.30. The Kier molecular flexibility index (Phi) is 5.06. The molecule has 0 aromatic carbocycles. The normalized spacial score (nSPS) is 24.0. The SMILES string of the molecule is CNCC1C(C)C1C(=O)NC(C)(C)COc1ncccc1C. The molecule has 0 saturated heterocycles. The lowest BCUT2D eigenvalue weighted by Gasteiger charge is -2.26. The van der Waals surface area contributed by atoms with Gasteiger partial charge in [0.25, 0.3) is 0 Å². The molecule has 2 rings (SSSR count). The summed E-state index contributed by atoms with van der Waals surface area (Å²) in [5.41, 5.74) is 0.572. The van der Waals surface area contributed by atoms with Crippen LogP contribution in [0.3, 0.4) is 0 Å². The minimum Gasteiger partial charge on any atom is -0.475 e. The highest BCUT2D eigenvalue weighted by Gasteiger charge is 2.51. The second-order valence-electron chi connectivity index (χ2n) is 6.89. The van der Waals surface area contributed by atoms with Crippen molar-refractivity contribution in [1.82, 2.24) is 15.6 Å². The van der Waals surface area contributed by atoms with Gasteiger partial charge in [-0.2, -0.15) is 0 Å². The van der Waals surface area contributed by atoms with Crippen LogP contribution in [-0.4, -0.2) is 36.6 Å². The molecule has 2 N–H and O–H groups in total. The number of hydrogen-bond acceptors (Lipinski definition) is 4. The highest BCUT2D eigenvalue weighted by Crippen LogP contribution is 2.45. The second kappa shape index (κ2) is 6.65. The summed E-state index contributed by atoms with van der Waals surface area (Å²) in [6.45, 7) is 9.33. The van der Waals surface area contributed by atoms with Gasteiger partial charge in [-0.05, 0) is 52.3 Å². The molecule has 0 spiro atoms. The first-order valence-corrected chi connectivity index (χ1v) is 7.87. The molecule has 3 atom stereocenters. The molecule has 1 saturated carbocycles. The molecule has 5 nitrogen and oxygen atoms in total. The molecule has 0 aliphatic heterocycles. The molecule has 1 aromatic rings. The van der Waals surface area contributed by atoms with Crippen LogP contribution in [0, 0.1) is 24.7 Å². The monoisotopic (exact) mass is 305 g/mol.